The van der Waals surface area contributed by atoms with Crippen molar-refractivity contribution >= 4 is 44.2 Å². The maximum absolute atomic E-state index is 14.1. The number of rotatable bonds is 15. The summed E-state index contributed by atoms with van der Waals surface area (Å²) in [7, 11) is -4.67. The number of hydrogen-bond donors (Lipinski definition) is 4. The van der Waals surface area contributed by atoms with Gasteiger partial charge in [-0.3, -0.25) is 19.8 Å². The van der Waals surface area contributed by atoms with E-state index in [2.05, 4.69) is 72.9 Å². The Labute approximate surface area is 392 Å². The first-order chi connectivity index (χ1) is 32.1. The van der Waals surface area contributed by atoms with Crippen molar-refractivity contribution in [1.29, 1.82) is 0 Å². The molecule has 356 valence electrons. The largest absolute Gasteiger partial charge is 0.475 e. The summed E-state index contributed by atoms with van der Waals surface area (Å²) < 4.78 is 42.1. The Bertz CT molecular complexity index is 2730. The average Bonchev–Trinajstić information content (AvgIpc) is 3.98. The fourth-order valence-electron chi connectivity index (χ4n) is 10.9. The Morgan fingerprint density at radius 2 is 1.78 bits per heavy atom. The molecule has 16 nitrogen and oxygen atoms in total. The van der Waals surface area contributed by atoms with E-state index in [1.54, 1.807) is 37.4 Å². The summed E-state index contributed by atoms with van der Waals surface area (Å²) in [5, 5.41) is 26.2. The van der Waals surface area contributed by atoms with Gasteiger partial charge in [-0.05, 0) is 124 Å². The minimum Gasteiger partial charge on any atom is -0.475 e. The lowest BCUT2D eigenvalue weighted by molar-refractivity contribution is -0.384. The van der Waals surface area contributed by atoms with Gasteiger partial charge in [0.2, 0.25) is 5.82 Å². The molecule has 5 heterocycles. The second kappa shape index (κ2) is 18.7. The molecule has 17 heteroatoms. The molecule has 2 aliphatic carbocycles. The number of nitro groups is 1. The van der Waals surface area contributed by atoms with Crippen molar-refractivity contribution in [1.82, 2.24) is 24.6 Å². The zero-order valence-electron chi connectivity index (χ0n) is 38.8. The van der Waals surface area contributed by atoms with Gasteiger partial charge in [-0.1, -0.05) is 44.5 Å². The first-order valence-electron chi connectivity index (χ1n) is 23.8. The van der Waals surface area contributed by atoms with E-state index < -0.39 is 37.0 Å². The van der Waals surface area contributed by atoms with Crippen LogP contribution in [0.1, 0.15) is 119 Å². The van der Waals surface area contributed by atoms with Crippen LogP contribution in [-0.2, 0) is 10.0 Å². The number of sulfonamides is 1. The molecule has 67 heavy (non-hydrogen) atoms. The summed E-state index contributed by atoms with van der Waals surface area (Å²) in [4.78, 5) is 41.9. The van der Waals surface area contributed by atoms with E-state index >= 15 is 0 Å². The van der Waals surface area contributed by atoms with E-state index in [0.717, 1.165) is 75.2 Å². The molecule has 2 aliphatic heterocycles. The summed E-state index contributed by atoms with van der Waals surface area (Å²) in [5.74, 6) is 0.640. The molecule has 5 aromatic rings. The van der Waals surface area contributed by atoms with Crippen molar-refractivity contribution in [3.63, 3.8) is 0 Å². The summed E-state index contributed by atoms with van der Waals surface area (Å²) >= 11 is 0. The summed E-state index contributed by atoms with van der Waals surface area (Å²) in [6.07, 6.45) is 11.2. The standard InChI is InChI=1S/C50H62N8O8S/c1-5-65-48-44(25-34-17-22-51-45(34)54-48)66-43-26-35(56-23-20-50(21-24-56)30-57(31-50)41-12-8-11-39(41)38-10-7-6-9-37(38)32(2)3)13-14-40(43)47(59)55-67(63,64)36-27-42(58(61)62)46(53-29-36)52-28-33-15-18-49(4,60)19-16-33/h6-7,9-10,13-14,17,22,25-27,29,32-33,39,41,60H,5,8,11-12,15-16,18-21,23-24,28,30-31H2,1-4H3,(H,51,54)(H,52,53)(H,55,59)/t33-,39-,41-,49-/m1/s1. The molecule has 2 aromatic carbocycles. The van der Waals surface area contributed by atoms with Crippen molar-refractivity contribution < 1.29 is 32.7 Å². The second-order valence-electron chi connectivity index (χ2n) is 19.8. The van der Waals surface area contributed by atoms with Crippen LogP contribution in [0.25, 0.3) is 11.0 Å². The highest BCUT2D eigenvalue weighted by atomic mass is 32.2. The van der Waals surface area contributed by atoms with E-state index in [9.17, 15) is 28.4 Å². The highest BCUT2D eigenvalue weighted by Crippen LogP contribution is 2.49. The third-order valence-electron chi connectivity index (χ3n) is 14.7. The molecule has 9 rings (SSSR count). The van der Waals surface area contributed by atoms with Crippen molar-refractivity contribution in [2.45, 2.75) is 114 Å². The van der Waals surface area contributed by atoms with Crippen molar-refractivity contribution in [2.75, 3.05) is 49.5 Å². The number of amides is 1. The number of hydrogen-bond acceptors (Lipinski definition) is 13. The normalized spacial score (nSPS) is 23.0. The fourth-order valence-corrected chi connectivity index (χ4v) is 11.8. The van der Waals surface area contributed by atoms with E-state index in [0.29, 0.717) is 49.5 Å². The van der Waals surface area contributed by atoms with Gasteiger partial charge >= 0.3 is 5.69 Å². The smallest absolute Gasteiger partial charge is 0.312 e. The number of fused-ring (bicyclic) bond motifs is 1. The first kappa shape index (κ1) is 46.3. The third-order valence-corrected chi connectivity index (χ3v) is 16.0. The molecule has 1 amide bonds. The predicted molar refractivity (Wildman–Crippen MR) is 257 cm³/mol. The van der Waals surface area contributed by atoms with Gasteiger partial charge in [0.25, 0.3) is 21.8 Å². The van der Waals surface area contributed by atoms with Crippen molar-refractivity contribution in [3.8, 4) is 17.4 Å². The molecular formula is C50H62N8O8S. The van der Waals surface area contributed by atoms with Crippen molar-refractivity contribution in [2.24, 2.45) is 11.3 Å². The molecule has 0 unspecified atom stereocenters. The number of H-pyrrole nitrogens is 1. The van der Waals surface area contributed by atoms with E-state index in [4.69, 9.17) is 9.47 Å². The molecule has 4 fully saturated rings. The molecule has 2 saturated carbocycles. The van der Waals surface area contributed by atoms with Gasteiger partial charge in [0.05, 0.1) is 28.9 Å². The Morgan fingerprint density at radius 3 is 2.51 bits per heavy atom. The van der Waals surface area contributed by atoms with Crippen molar-refractivity contribution in [3.05, 3.63) is 99.9 Å². The van der Waals surface area contributed by atoms with Crippen LogP contribution in [0.5, 0.6) is 17.4 Å². The van der Waals surface area contributed by atoms with Crippen LogP contribution in [-0.4, -0.2) is 95.2 Å². The van der Waals surface area contributed by atoms with Gasteiger partial charge < -0.3 is 29.8 Å². The number of piperidine rings is 1. The lowest BCUT2D eigenvalue weighted by Gasteiger charge is -2.57. The Morgan fingerprint density at radius 1 is 1.01 bits per heavy atom. The number of pyridine rings is 2. The van der Waals surface area contributed by atoms with Crippen LogP contribution in [0.4, 0.5) is 17.2 Å². The first-order valence-corrected chi connectivity index (χ1v) is 25.3. The third kappa shape index (κ3) is 9.81. The van der Waals surface area contributed by atoms with E-state index in [1.165, 1.54) is 30.4 Å². The fraction of sp³-hybridized carbons (Fsp3) is 0.500. The lowest BCUT2D eigenvalue weighted by atomic mass is 9.70. The van der Waals surface area contributed by atoms with E-state index in [1.807, 2.05) is 13.0 Å². The van der Waals surface area contributed by atoms with Gasteiger partial charge in [-0.25, -0.2) is 18.1 Å². The number of aromatic nitrogens is 3. The molecule has 2 atom stereocenters. The highest BCUT2D eigenvalue weighted by Gasteiger charge is 2.49. The monoisotopic (exact) mass is 934 g/mol. The number of ether oxygens (including phenoxy) is 2. The number of nitrogens with zero attached hydrogens (tertiary/aromatic N) is 5. The number of likely N-dealkylation sites (tertiary alicyclic amines) is 1. The minimum absolute atomic E-state index is 0.0792. The molecule has 0 bridgehead atoms. The summed E-state index contributed by atoms with van der Waals surface area (Å²) in [5.41, 5.74) is 3.28. The van der Waals surface area contributed by atoms with Gasteiger partial charge in [0, 0.05) is 68.2 Å². The predicted octanol–water partition coefficient (Wildman–Crippen LogP) is 8.89. The number of aliphatic hydroxyl groups is 1. The second-order valence-corrected chi connectivity index (χ2v) is 21.4. The van der Waals surface area contributed by atoms with Gasteiger partial charge in [-0.2, -0.15) is 4.98 Å². The highest BCUT2D eigenvalue weighted by molar-refractivity contribution is 7.90. The van der Waals surface area contributed by atoms with E-state index in [-0.39, 0.29) is 40.1 Å². The van der Waals surface area contributed by atoms with Crippen LogP contribution in [0, 0.1) is 21.4 Å². The minimum atomic E-state index is -4.67. The number of aromatic amines is 1. The maximum Gasteiger partial charge on any atom is 0.312 e. The molecule has 2 saturated heterocycles. The number of carbonyl (C=O) groups excluding carboxylic acids is 1. The van der Waals surface area contributed by atoms with Gasteiger partial charge in [-0.15, -0.1) is 0 Å². The van der Waals surface area contributed by atoms with Crippen LogP contribution in [0.15, 0.2) is 78.0 Å². The summed E-state index contributed by atoms with van der Waals surface area (Å²) in [6.45, 7) is 12.6. The van der Waals surface area contributed by atoms with Crippen LogP contribution >= 0.6 is 0 Å². The zero-order chi connectivity index (χ0) is 47.1. The molecular weight excluding hydrogens is 873 g/mol. The Kier molecular flexibility index (Phi) is 12.9. The number of carbonyl (C=O) groups is 1. The molecule has 4 N–H and O–H groups in total. The number of nitrogens with one attached hydrogen (secondary N) is 3. The molecule has 4 aliphatic rings. The SMILES string of the molecule is CCOc1nc2[nH]ccc2cc1Oc1cc(N2CCC3(CC2)CN([C@@H]2CCC[C@@H]2c2ccccc2C(C)C)C3)ccc1C(=O)NS(=O)(=O)c1cnc(NC[C@H]2CC[C@](C)(O)CC2)c([N+](=O)[O-])c1. The topological polar surface area (TPSA) is 205 Å². The van der Waals surface area contributed by atoms with Gasteiger partial charge in [0.1, 0.15) is 16.3 Å². The average molecular weight is 935 g/mol. The van der Waals surface area contributed by atoms with Crippen LogP contribution < -0.4 is 24.4 Å². The Balaban J connectivity index is 0.925. The molecule has 1 spiro atoms. The zero-order valence-corrected chi connectivity index (χ0v) is 39.6. The molecule has 0 radical (unpaired) electrons. The number of benzene rings is 2. The van der Waals surface area contributed by atoms with Gasteiger partial charge in [0.15, 0.2) is 5.75 Å². The Hall–Kier alpha value is -5.78. The summed E-state index contributed by atoms with van der Waals surface area (Å²) in [6, 6.07) is 19.1. The molecule has 3 aromatic heterocycles. The maximum atomic E-state index is 14.1. The lowest BCUT2D eigenvalue weighted by Crippen LogP contribution is -2.63. The van der Waals surface area contributed by atoms with Crippen LogP contribution in [0.3, 0.4) is 0 Å². The van der Waals surface area contributed by atoms with Crippen LogP contribution in [0.2, 0.25) is 0 Å². The number of anilines is 2. The quantitative estimate of drug-likeness (QED) is 0.0573.